The fraction of sp³-hybridized carbons (Fsp3) is 0.111. The van der Waals surface area contributed by atoms with E-state index in [1.807, 2.05) is 91.0 Å². The van der Waals surface area contributed by atoms with Gasteiger partial charge in [-0.05, 0) is 69.8 Å². The molecule has 1 unspecified atom stereocenters. The fourth-order valence-corrected chi connectivity index (χ4v) is 6.46. The van der Waals surface area contributed by atoms with Gasteiger partial charge >= 0.3 is 17.9 Å². The van der Waals surface area contributed by atoms with Crippen LogP contribution in [0.4, 0.5) is 0 Å². The molecule has 0 amide bonds. The number of hydrogen-bond acceptors (Lipinski definition) is 10. The minimum atomic E-state index is -4.35. The third kappa shape index (κ3) is 10.3. The van der Waals surface area contributed by atoms with Gasteiger partial charge in [-0.3, -0.25) is 8.98 Å². The number of rotatable bonds is 15. The lowest BCUT2D eigenvalue weighted by atomic mass is 10.0. The van der Waals surface area contributed by atoms with Crippen LogP contribution in [0.2, 0.25) is 0 Å². The second kappa shape index (κ2) is 18.1. The Bertz CT molecular complexity index is 2360. The number of hydrogen-bond donors (Lipinski definition) is 0. The molecular formula is C45H36O10S. The number of benzene rings is 6. The Morgan fingerprint density at radius 2 is 0.839 bits per heavy atom. The molecule has 0 aromatic heterocycles. The summed E-state index contributed by atoms with van der Waals surface area (Å²) in [6.07, 6.45) is -4.70. The Morgan fingerprint density at radius 1 is 0.500 bits per heavy atom. The van der Waals surface area contributed by atoms with Crippen LogP contribution in [-0.2, 0) is 33.3 Å². The quantitative estimate of drug-likeness (QED) is 0.0440. The summed E-state index contributed by atoms with van der Waals surface area (Å²) in [5, 5.41) is 0. The molecule has 0 aliphatic carbocycles. The first-order valence-corrected chi connectivity index (χ1v) is 19.3. The van der Waals surface area contributed by atoms with Crippen molar-refractivity contribution in [1.82, 2.24) is 0 Å². The van der Waals surface area contributed by atoms with E-state index in [4.69, 9.17) is 18.4 Å². The van der Waals surface area contributed by atoms with E-state index in [0.29, 0.717) is 0 Å². The van der Waals surface area contributed by atoms with Gasteiger partial charge in [-0.2, -0.15) is 8.42 Å². The van der Waals surface area contributed by atoms with Crippen LogP contribution in [0.25, 0.3) is 33.4 Å². The van der Waals surface area contributed by atoms with Crippen LogP contribution in [0, 0.1) is 0 Å². The Hall–Kier alpha value is -6.69. The van der Waals surface area contributed by atoms with Gasteiger partial charge < -0.3 is 14.2 Å². The molecule has 0 spiro atoms. The molecule has 0 aliphatic rings. The zero-order valence-corrected chi connectivity index (χ0v) is 30.9. The van der Waals surface area contributed by atoms with E-state index in [0.717, 1.165) is 39.6 Å². The summed E-state index contributed by atoms with van der Waals surface area (Å²) in [4.78, 5) is 52.9. The van der Waals surface area contributed by atoms with Gasteiger partial charge in [0.05, 0.1) is 22.9 Å². The molecule has 0 heterocycles. The molecule has 3 atom stereocenters. The predicted octanol–water partition coefficient (Wildman–Crippen LogP) is 7.84. The SMILES string of the molecule is CS(=O)(=O)O[C@@H](COC(=O)c1ccc(-c2ccccc2)cc1)C(OC(=O)c1ccc(-c2ccccc2)cc1)[C@@H](C=O)OC(=O)c1ccc(-c2ccccc2)cc1. The monoisotopic (exact) mass is 768 g/mol. The lowest BCUT2D eigenvalue weighted by Crippen LogP contribution is -2.48. The molecular weight excluding hydrogens is 733 g/mol. The van der Waals surface area contributed by atoms with Gasteiger partial charge in [-0.15, -0.1) is 0 Å². The largest absolute Gasteiger partial charge is 0.459 e. The Balaban J connectivity index is 1.26. The third-order valence-electron chi connectivity index (χ3n) is 8.67. The summed E-state index contributed by atoms with van der Waals surface area (Å²) < 4.78 is 47.2. The zero-order valence-electron chi connectivity index (χ0n) is 30.1. The lowest BCUT2D eigenvalue weighted by Gasteiger charge is -2.29. The van der Waals surface area contributed by atoms with Gasteiger partial charge in [0, 0.05) is 0 Å². The van der Waals surface area contributed by atoms with E-state index in [-0.39, 0.29) is 23.0 Å². The molecule has 0 saturated heterocycles. The van der Waals surface area contributed by atoms with Gasteiger partial charge in [0.2, 0.25) is 0 Å². The molecule has 0 N–H and O–H groups in total. The zero-order chi connectivity index (χ0) is 39.5. The maximum Gasteiger partial charge on any atom is 0.338 e. The van der Waals surface area contributed by atoms with Crippen molar-refractivity contribution >= 4 is 34.3 Å². The van der Waals surface area contributed by atoms with Gasteiger partial charge in [0.1, 0.15) is 6.61 Å². The summed E-state index contributed by atoms with van der Waals surface area (Å²) in [5.74, 6) is -2.82. The number of carbonyl (C=O) groups is 4. The normalized spacial score (nSPS) is 12.7. The van der Waals surface area contributed by atoms with Crippen molar-refractivity contribution in [3.05, 3.63) is 180 Å². The van der Waals surface area contributed by atoms with Crippen LogP contribution in [0.1, 0.15) is 31.1 Å². The van der Waals surface area contributed by atoms with Crippen molar-refractivity contribution in [3.8, 4) is 33.4 Å². The van der Waals surface area contributed by atoms with E-state index in [2.05, 4.69) is 0 Å². The third-order valence-corrected chi connectivity index (χ3v) is 9.27. The molecule has 56 heavy (non-hydrogen) atoms. The van der Waals surface area contributed by atoms with Crippen molar-refractivity contribution in [2.24, 2.45) is 0 Å². The Labute approximate surface area is 324 Å². The van der Waals surface area contributed by atoms with Gasteiger partial charge in [0.15, 0.2) is 24.6 Å². The van der Waals surface area contributed by atoms with E-state index < -0.39 is 52.9 Å². The van der Waals surface area contributed by atoms with Crippen LogP contribution < -0.4 is 0 Å². The number of carbonyl (C=O) groups excluding carboxylic acids is 4. The molecule has 0 bridgehead atoms. The van der Waals surface area contributed by atoms with Crippen LogP contribution in [0.3, 0.4) is 0 Å². The van der Waals surface area contributed by atoms with Gasteiger partial charge in [0.25, 0.3) is 10.1 Å². The topological polar surface area (TPSA) is 139 Å². The Kier molecular flexibility index (Phi) is 12.6. The van der Waals surface area contributed by atoms with Crippen molar-refractivity contribution in [2.45, 2.75) is 18.3 Å². The molecule has 282 valence electrons. The average molecular weight is 769 g/mol. The highest BCUT2D eigenvalue weighted by Gasteiger charge is 2.40. The molecule has 6 rings (SSSR count). The van der Waals surface area contributed by atoms with E-state index in [1.165, 1.54) is 36.4 Å². The molecule has 0 fully saturated rings. The second-order valence-electron chi connectivity index (χ2n) is 12.6. The summed E-state index contributed by atoms with van der Waals surface area (Å²) in [6.45, 7) is -0.815. The summed E-state index contributed by atoms with van der Waals surface area (Å²) in [7, 11) is -4.35. The molecule has 11 heteroatoms. The lowest BCUT2D eigenvalue weighted by molar-refractivity contribution is -0.128. The average Bonchev–Trinajstić information content (AvgIpc) is 3.24. The van der Waals surface area contributed by atoms with E-state index >= 15 is 0 Å². The highest BCUT2D eigenvalue weighted by Crippen LogP contribution is 2.24. The standard InChI is InChI=1S/C45H36O10S/c1-56(50,51)55-41(30-52-43(47)37-23-17-34(18-24-37)31-11-5-2-6-12-31)42(54-45(49)39-27-21-36(22-28-39)33-15-9-4-10-16-33)40(29-46)53-44(48)38-25-19-35(20-26-38)32-13-7-3-8-14-32/h2-29,40-42H,30H2,1H3/t40-,41+,42?/m1/s1. The van der Waals surface area contributed by atoms with Crippen LogP contribution >= 0.6 is 0 Å². The predicted molar refractivity (Wildman–Crippen MR) is 210 cm³/mol. The Morgan fingerprint density at radius 3 is 1.20 bits per heavy atom. The van der Waals surface area contributed by atoms with E-state index in [1.54, 1.807) is 36.4 Å². The maximum atomic E-state index is 13.6. The van der Waals surface area contributed by atoms with Crippen molar-refractivity contribution in [1.29, 1.82) is 0 Å². The second-order valence-corrected chi connectivity index (χ2v) is 14.2. The first-order valence-electron chi connectivity index (χ1n) is 17.5. The fourth-order valence-electron chi connectivity index (χ4n) is 5.84. The molecule has 6 aromatic rings. The number of aldehydes is 1. The molecule has 10 nitrogen and oxygen atoms in total. The molecule has 0 saturated carbocycles. The van der Waals surface area contributed by atoms with E-state index in [9.17, 15) is 27.6 Å². The number of esters is 3. The van der Waals surface area contributed by atoms with Crippen LogP contribution in [0.5, 0.6) is 0 Å². The smallest absolute Gasteiger partial charge is 0.338 e. The summed E-state index contributed by atoms with van der Waals surface area (Å²) in [5.41, 5.74) is 5.42. The van der Waals surface area contributed by atoms with Gasteiger partial charge in [-0.25, -0.2) is 14.4 Å². The van der Waals surface area contributed by atoms with Gasteiger partial charge in [-0.1, -0.05) is 127 Å². The minimum absolute atomic E-state index is 0.0377. The molecule has 0 radical (unpaired) electrons. The minimum Gasteiger partial charge on any atom is -0.459 e. The highest BCUT2D eigenvalue weighted by atomic mass is 32.2. The summed E-state index contributed by atoms with van der Waals surface area (Å²) in [6, 6.07) is 47.6. The first kappa shape index (κ1) is 39.0. The highest BCUT2D eigenvalue weighted by molar-refractivity contribution is 7.86. The van der Waals surface area contributed by atoms with Crippen molar-refractivity contribution in [2.75, 3.05) is 12.9 Å². The molecule has 0 aliphatic heterocycles. The maximum absolute atomic E-state index is 13.6. The van der Waals surface area contributed by atoms with Crippen molar-refractivity contribution < 1.29 is 46.0 Å². The van der Waals surface area contributed by atoms with Crippen LogP contribution in [0.15, 0.2) is 164 Å². The number of ether oxygens (including phenoxy) is 3. The van der Waals surface area contributed by atoms with Crippen LogP contribution in [-0.4, -0.2) is 63.8 Å². The molecule has 6 aromatic carbocycles. The van der Waals surface area contributed by atoms with Crippen molar-refractivity contribution in [3.63, 3.8) is 0 Å². The first-order chi connectivity index (χ1) is 27.1. The summed E-state index contributed by atoms with van der Waals surface area (Å²) >= 11 is 0.